The lowest BCUT2D eigenvalue weighted by molar-refractivity contribution is 0.628. The predicted molar refractivity (Wildman–Crippen MR) is 163 cm³/mol. The van der Waals surface area contributed by atoms with Crippen LogP contribution in [0.1, 0.15) is 6.92 Å². The second-order valence-electron chi connectivity index (χ2n) is 7.99. The molecule has 4 aromatic rings. The molecule has 5 nitrogen and oxygen atoms in total. The third-order valence-electron chi connectivity index (χ3n) is 5.29. The molecule has 0 aliphatic carbocycles. The summed E-state index contributed by atoms with van der Waals surface area (Å²) >= 11 is 2.96. The minimum absolute atomic E-state index is 0.313. The monoisotopic (exact) mass is 537 g/mol. The number of halogens is 1. The highest BCUT2D eigenvalue weighted by atomic mass is 32.2. The first-order valence-corrected chi connectivity index (χ1v) is 13.9. The molecular weight excluding hydrogens is 513 g/mol. The first-order chi connectivity index (χ1) is 18.7. The zero-order valence-electron chi connectivity index (χ0n) is 20.6. The number of hydrogen-bond donors (Lipinski definition) is 0. The summed E-state index contributed by atoms with van der Waals surface area (Å²) in [5, 5.41) is 1.94. The fourth-order valence-electron chi connectivity index (χ4n) is 3.59. The van der Waals surface area contributed by atoms with E-state index >= 15 is 0 Å². The van der Waals surface area contributed by atoms with Crippen molar-refractivity contribution in [3.8, 4) is 0 Å². The maximum Gasteiger partial charge on any atom is 0.190 e. The van der Waals surface area contributed by atoms with Crippen molar-refractivity contribution in [1.29, 1.82) is 0 Å². The number of rotatable bonds is 5. The van der Waals surface area contributed by atoms with E-state index in [0.717, 1.165) is 28.5 Å². The van der Waals surface area contributed by atoms with E-state index in [9.17, 15) is 4.39 Å². The van der Waals surface area contributed by atoms with E-state index < -0.39 is 0 Å². The van der Waals surface area contributed by atoms with Gasteiger partial charge < -0.3 is 0 Å². The van der Waals surface area contributed by atoms with E-state index in [1.54, 1.807) is 23.9 Å². The SMILES string of the molecule is CCSC(=Nc1ccccc1)N=C1SC(=Nc2ccccc2)C(=Nc2ccccc2)N1c1ccc(F)cc1. The molecule has 188 valence electrons. The molecule has 0 amide bonds. The first kappa shape index (κ1) is 25.6. The van der Waals surface area contributed by atoms with Gasteiger partial charge in [-0.15, -0.1) is 0 Å². The fraction of sp³-hybridized carbons (Fsp3) is 0.0667. The van der Waals surface area contributed by atoms with Crippen LogP contribution in [0.25, 0.3) is 0 Å². The van der Waals surface area contributed by atoms with Crippen LogP contribution in [0.4, 0.5) is 27.1 Å². The lowest BCUT2D eigenvalue weighted by atomic mass is 10.2. The Labute approximate surface area is 230 Å². The molecule has 4 aromatic carbocycles. The number of para-hydroxylation sites is 3. The third-order valence-corrected chi connectivity index (χ3v) is 6.94. The highest BCUT2D eigenvalue weighted by Gasteiger charge is 2.35. The number of aliphatic imine (C=N–C) groups is 4. The van der Waals surface area contributed by atoms with Gasteiger partial charge in [-0.1, -0.05) is 73.3 Å². The molecule has 5 rings (SSSR count). The van der Waals surface area contributed by atoms with Gasteiger partial charge in [0.1, 0.15) is 10.9 Å². The number of hydrogen-bond acceptors (Lipinski definition) is 5. The normalized spacial score (nSPS) is 17.1. The highest BCUT2D eigenvalue weighted by Crippen LogP contribution is 2.34. The molecule has 0 saturated carbocycles. The van der Waals surface area contributed by atoms with Crippen molar-refractivity contribution in [3.05, 3.63) is 121 Å². The molecule has 0 bridgehead atoms. The van der Waals surface area contributed by atoms with Gasteiger partial charge in [-0.2, -0.15) is 4.99 Å². The number of anilines is 1. The summed E-state index contributed by atoms with van der Waals surface area (Å²) in [7, 11) is 0. The van der Waals surface area contributed by atoms with Crippen LogP contribution in [0.15, 0.2) is 135 Å². The summed E-state index contributed by atoms with van der Waals surface area (Å²) in [6, 6.07) is 35.5. The van der Waals surface area contributed by atoms with Crippen molar-refractivity contribution in [3.63, 3.8) is 0 Å². The molecule has 1 aliphatic rings. The average Bonchev–Trinajstić information content (AvgIpc) is 3.26. The number of nitrogens with zero attached hydrogens (tertiary/aromatic N) is 5. The van der Waals surface area contributed by atoms with Gasteiger partial charge >= 0.3 is 0 Å². The van der Waals surface area contributed by atoms with Crippen LogP contribution < -0.4 is 4.90 Å². The number of thioether (sulfide) groups is 2. The second kappa shape index (κ2) is 12.5. The highest BCUT2D eigenvalue weighted by molar-refractivity contribution is 8.29. The van der Waals surface area contributed by atoms with Crippen LogP contribution in [0.2, 0.25) is 0 Å². The third kappa shape index (κ3) is 6.45. The molecule has 0 radical (unpaired) electrons. The van der Waals surface area contributed by atoms with Crippen molar-refractivity contribution in [2.24, 2.45) is 20.0 Å². The summed E-state index contributed by atoms with van der Waals surface area (Å²) in [6.07, 6.45) is 0. The van der Waals surface area contributed by atoms with Crippen molar-refractivity contribution < 1.29 is 4.39 Å². The maximum atomic E-state index is 13.9. The molecule has 1 saturated heterocycles. The number of amidine groups is 3. The average molecular weight is 538 g/mol. The molecule has 0 unspecified atom stereocenters. The Kier molecular flexibility index (Phi) is 8.42. The maximum absolute atomic E-state index is 13.9. The van der Waals surface area contributed by atoms with Crippen molar-refractivity contribution in [1.82, 2.24) is 0 Å². The lowest BCUT2D eigenvalue weighted by Crippen LogP contribution is -2.31. The quantitative estimate of drug-likeness (QED) is 0.189. The Morgan fingerprint density at radius 2 is 1.29 bits per heavy atom. The van der Waals surface area contributed by atoms with Gasteiger partial charge in [-0.3, -0.25) is 4.90 Å². The minimum atomic E-state index is -0.313. The van der Waals surface area contributed by atoms with Crippen LogP contribution >= 0.6 is 23.5 Å². The summed E-state index contributed by atoms with van der Waals surface area (Å²) < 4.78 is 13.9. The Balaban J connectivity index is 1.68. The van der Waals surface area contributed by atoms with E-state index in [2.05, 4.69) is 6.92 Å². The lowest BCUT2D eigenvalue weighted by Gasteiger charge is -2.18. The summed E-state index contributed by atoms with van der Waals surface area (Å²) in [4.78, 5) is 21.6. The predicted octanol–water partition coefficient (Wildman–Crippen LogP) is 8.64. The second-order valence-corrected chi connectivity index (χ2v) is 10.2. The van der Waals surface area contributed by atoms with Gasteiger partial charge in [0.15, 0.2) is 16.2 Å². The summed E-state index contributed by atoms with van der Waals surface area (Å²) in [5.74, 6) is 1.10. The molecule has 1 heterocycles. The molecular formula is C30H24FN5S2. The van der Waals surface area contributed by atoms with Crippen LogP contribution in [0.5, 0.6) is 0 Å². The molecule has 1 aliphatic heterocycles. The topological polar surface area (TPSA) is 52.7 Å². The Morgan fingerprint density at radius 3 is 1.87 bits per heavy atom. The molecule has 0 atom stereocenters. The summed E-state index contributed by atoms with van der Waals surface area (Å²) in [6.45, 7) is 2.06. The van der Waals surface area contributed by atoms with E-state index in [1.165, 1.54) is 23.9 Å². The van der Waals surface area contributed by atoms with Crippen molar-refractivity contribution in [2.75, 3.05) is 10.7 Å². The van der Waals surface area contributed by atoms with Crippen molar-refractivity contribution >= 4 is 67.5 Å². The molecule has 8 heteroatoms. The van der Waals surface area contributed by atoms with Gasteiger partial charge in [0, 0.05) is 5.69 Å². The van der Waals surface area contributed by atoms with Crippen LogP contribution in [-0.4, -0.2) is 27.0 Å². The van der Waals surface area contributed by atoms with E-state index in [0.29, 0.717) is 21.2 Å². The van der Waals surface area contributed by atoms with Crippen LogP contribution in [0, 0.1) is 5.82 Å². The Hall–Kier alpha value is -4.01. The fourth-order valence-corrected chi connectivity index (χ4v) is 5.19. The van der Waals surface area contributed by atoms with Gasteiger partial charge in [-0.25, -0.2) is 19.4 Å². The van der Waals surface area contributed by atoms with Crippen molar-refractivity contribution in [2.45, 2.75) is 6.92 Å². The number of benzene rings is 4. The van der Waals surface area contributed by atoms with E-state index in [4.69, 9.17) is 20.0 Å². The van der Waals surface area contributed by atoms with Gasteiger partial charge in [-0.05, 0) is 78.2 Å². The van der Waals surface area contributed by atoms with Crippen LogP contribution in [-0.2, 0) is 0 Å². The molecule has 0 N–H and O–H groups in total. The largest absolute Gasteiger partial charge is 0.271 e. The van der Waals surface area contributed by atoms with Crippen LogP contribution in [0.3, 0.4) is 0 Å². The van der Waals surface area contributed by atoms with E-state index in [1.807, 2.05) is 95.9 Å². The zero-order valence-corrected chi connectivity index (χ0v) is 22.2. The Morgan fingerprint density at radius 1 is 0.737 bits per heavy atom. The standard InChI is InChI=1S/C30H24FN5S2/c1-2-37-29(34-25-16-10-5-11-17-25)35-30-36(26-20-18-22(31)19-21-26)27(32-23-12-6-3-7-13-23)28(38-30)33-24-14-8-4-9-15-24/h3-21H,2H2,1H3. The molecule has 1 fully saturated rings. The van der Waals surface area contributed by atoms with E-state index in [-0.39, 0.29) is 5.82 Å². The Bertz CT molecular complexity index is 1490. The molecule has 0 aromatic heterocycles. The van der Waals surface area contributed by atoms with Gasteiger partial charge in [0.25, 0.3) is 0 Å². The smallest absolute Gasteiger partial charge is 0.190 e. The molecule has 38 heavy (non-hydrogen) atoms. The van der Waals surface area contributed by atoms with Gasteiger partial charge in [0.2, 0.25) is 0 Å². The van der Waals surface area contributed by atoms with Gasteiger partial charge in [0.05, 0.1) is 17.1 Å². The first-order valence-electron chi connectivity index (χ1n) is 12.1. The molecule has 0 spiro atoms. The summed E-state index contributed by atoms with van der Waals surface area (Å²) in [5.41, 5.74) is 3.13. The minimum Gasteiger partial charge on any atom is -0.271 e. The zero-order chi connectivity index (χ0) is 26.2.